The molecule has 2 amide bonds. The molecule has 1 atom stereocenters. The number of aliphatic hydroxyl groups excluding tert-OH is 1. The minimum atomic E-state index is -0.361. The fraction of sp³-hybridized carbons (Fsp3) is 0.417. The smallest absolute Gasteiger partial charge is 0.319 e. The molecule has 0 aliphatic rings. The fourth-order valence-corrected chi connectivity index (χ4v) is 1.42. The third-order valence-electron chi connectivity index (χ3n) is 2.38. The predicted octanol–water partition coefficient (Wildman–Crippen LogP) is 2.03. The van der Waals surface area contributed by atoms with Crippen LogP contribution < -0.4 is 10.6 Å². The average molecular weight is 240 g/mol. The van der Waals surface area contributed by atoms with Crippen molar-refractivity contribution in [3.63, 3.8) is 0 Å². The molecular weight excluding hydrogens is 223 g/mol. The van der Waals surface area contributed by atoms with Crippen molar-refractivity contribution in [3.05, 3.63) is 29.6 Å². The second-order valence-corrected chi connectivity index (χ2v) is 3.97. The van der Waals surface area contributed by atoms with E-state index in [2.05, 4.69) is 10.6 Å². The highest BCUT2D eigenvalue weighted by molar-refractivity contribution is 5.90. The molecule has 3 N–H and O–H groups in total. The van der Waals surface area contributed by atoms with Crippen LogP contribution >= 0.6 is 0 Å². The second kappa shape index (κ2) is 6.20. The minimum absolute atomic E-state index is 0.0248. The molecular formula is C12H17FN2O2. The first-order chi connectivity index (χ1) is 8.02. The minimum Gasteiger partial charge on any atom is -0.396 e. The quantitative estimate of drug-likeness (QED) is 0.754. The first-order valence-corrected chi connectivity index (χ1v) is 5.47. The van der Waals surface area contributed by atoms with Crippen LogP contribution in [-0.4, -0.2) is 23.8 Å². The highest BCUT2D eigenvalue weighted by Gasteiger charge is 2.08. The van der Waals surface area contributed by atoms with E-state index >= 15 is 0 Å². The summed E-state index contributed by atoms with van der Waals surface area (Å²) in [6, 6.07) is 3.69. The van der Waals surface area contributed by atoms with Crippen LogP contribution in [-0.2, 0) is 0 Å². The Hall–Kier alpha value is -1.62. The zero-order chi connectivity index (χ0) is 12.8. The van der Waals surface area contributed by atoms with E-state index in [1.807, 2.05) is 0 Å². The number of nitrogens with one attached hydrogen (secondary N) is 2. The summed E-state index contributed by atoms with van der Waals surface area (Å²) in [5.41, 5.74) is 1.23. The number of carbonyl (C=O) groups excluding carboxylic acids is 1. The van der Waals surface area contributed by atoms with Gasteiger partial charge < -0.3 is 15.7 Å². The van der Waals surface area contributed by atoms with Gasteiger partial charge in [-0.2, -0.15) is 0 Å². The Morgan fingerprint density at radius 3 is 2.82 bits per heavy atom. The summed E-state index contributed by atoms with van der Waals surface area (Å²) in [6.45, 7) is 3.54. The number of urea groups is 1. The first-order valence-electron chi connectivity index (χ1n) is 5.47. The summed E-state index contributed by atoms with van der Waals surface area (Å²) in [5, 5.41) is 14.0. The third-order valence-corrected chi connectivity index (χ3v) is 2.38. The number of hydrogen-bond donors (Lipinski definition) is 3. The van der Waals surface area contributed by atoms with Gasteiger partial charge in [-0.05, 0) is 44.0 Å². The van der Waals surface area contributed by atoms with Crippen molar-refractivity contribution < 1.29 is 14.3 Å². The van der Waals surface area contributed by atoms with E-state index < -0.39 is 0 Å². The number of rotatable bonds is 4. The summed E-state index contributed by atoms with van der Waals surface area (Å²) in [5.74, 6) is -0.331. The molecule has 94 valence electrons. The fourth-order valence-electron chi connectivity index (χ4n) is 1.42. The van der Waals surface area contributed by atoms with Gasteiger partial charge in [0.05, 0.1) is 0 Å². The van der Waals surface area contributed by atoms with Gasteiger partial charge in [0.15, 0.2) is 0 Å². The lowest BCUT2D eigenvalue weighted by Gasteiger charge is -2.14. The number of benzene rings is 1. The Balaban J connectivity index is 2.56. The number of amides is 2. The first kappa shape index (κ1) is 13.4. The Morgan fingerprint density at radius 1 is 1.53 bits per heavy atom. The molecule has 0 saturated carbocycles. The Bertz CT molecular complexity index is 396. The predicted molar refractivity (Wildman–Crippen MR) is 64.5 cm³/mol. The van der Waals surface area contributed by atoms with Crippen LogP contribution in [0.1, 0.15) is 18.9 Å². The molecule has 1 aromatic rings. The lowest BCUT2D eigenvalue weighted by molar-refractivity contribution is 0.241. The van der Waals surface area contributed by atoms with E-state index in [0.717, 1.165) is 0 Å². The zero-order valence-electron chi connectivity index (χ0n) is 9.96. The highest BCUT2D eigenvalue weighted by Crippen LogP contribution is 2.15. The van der Waals surface area contributed by atoms with Crippen LogP contribution in [0.5, 0.6) is 0 Å². The Kier molecular flexibility index (Phi) is 4.90. The molecule has 1 rings (SSSR count). The van der Waals surface area contributed by atoms with E-state index in [0.29, 0.717) is 17.7 Å². The van der Waals surface area contributed by atoms with Gasteiger partial charge in [-0.3, -0.25) is 0 Å². The van der Waals surface area contributed by atoms with Crippen LogP contribution in [0.2, 0.25) is 0 Å². The number of aliphatic hydroxyl groups is 1. The second-order valence-electron chi connectivity index (χ2n) is 3.97. The van der Waals surface area contributed by atoms with Crippen LogP contribution in [0, 0.1) is 12.7 Å². The van der Waals surface area contributed by atoms with Crippen molar-refractivity contribution in [2.75, 3.05) is 11.9 Å². The lowest BCUT2D eigenvalue weighted by Crippen LogP contribution is -2.36. The summed E-state index contributed by atoms with van der Waals surface area (Å²) in [6.07, 6.45) is 0.496. The van der Waals surface area contributed by atoms with Crippen molar-refractivity contribution in [1.82, 2.24) is 5.32 Å². The molecule has 17 heavy (non-hydrogen) atoms. The van der Waals surface area contributed by atoms with Crippen molar-refractivity contribution in [1.29, 1.82) is 0 Å². The van der Waals surface area contributed by atoms with Crippen molar-refractivity contribution in [2.45, 2.75) is 26.3 Å². The van der Waals surface area contributed by atoms with Crippen LogP contribution in [0.25, 0.3) is 0 Å². The van der Waals surface area contributed by atoms with Gasteiger partial charge in [-0.15, -0.1) is 0 Å². The molecule has 0 aliphatic heterocycles. The number of hydrogen-bond acceptors (Lipinski definition) is 2. The summed E-state index contributed by atoms with van der Waals surface area (Å²) < 4.78 is 12.8. The summed E-state index contributed by atoms with van der Waals surface area (Å²) >= 11 is 0. The molecule has 0 unspecified atom stereocenters. The number of aryl methyl sites for hydroxylation is 1. The average Bonchev–Trinajstić information content (AvgIpc) is 2.22. The molecule has 0 spiro atoms. The van der Waals surface area contributed by atoms with E-state index in [1.54, 1.807) is 13.8 Å². The highest BCUT2D eigenvalue weighted by atomic mass is 19.1. The SMILES string of the molecule is Cc1cc(F)ccc1NC(=O)N[C@H](C)CCO. The molecule has 0 saturated heterocycles. The number of halogens is 1. The molecule has 0 radical (unpaired) electrons. The molecule has 0 aromatic heterocycles. The summed E-state index contributed by atoms with van der Waals surface area (Å²) in [7, 11) is 0. The lowest BCUT2D eigenvalue weighted by atomic mass is 10.2. The van der Waals surface area contributed by atoms with Crippen LogP contribution in [0.3, 0.4) is 0 Å². The van der Waals surface area contributed by atoms with Crippen molar-refractivity contribution in [3.8, 4) is 0 Å². The van der Waals surface area contributed by atoms with Gasteiger partial charge in [0.2, 0.25) is 0 Å². The molecule has 0 bridgehead atoms. The Labute approximate surface area is 99.8 Å². The van der Waals surface area contributed by atoms with Gasteiger partial charge in [0.25, 0.3) is 0 Å². The van der Waals surface area contributed by atoms with Gasteiger partial charge in [-0.1, -0.05) is 0 Å². The van der Waals surface area contributed by atoms with E-state index in [-0.39, 0.29) is 24.5 Å². The summed E-state index contributed by atoms with van der Waals surface area (Å²) in [4.78, 5) is 11.5. The normalized spacial score (nSPS) is 12.0. The molecule has 1 aromatic carbocycles. The number of carbonyl (C=O) groups is 1. The van der Waals surface area contributed by atoms with E-state index in [4.69, 9.17) is 5.11 Å². The molecule has 0 fully saturated rings. The van der Waals surface area contributed by atoms with E-state index in [1.165, 1.54) is 18.2 Å². The van der Waals surface area contributed by atoms with Crippen LogP contribution in [0.4, 0.5) is 14.9 Å². The maximum atomic E-state index is 12.8. The molecule has 0 aliphatic carbocycles. The van der Waals surface area contributed by atoms with Crippen molar-refractivity contribution >= 4 is 11.7 Å². The van der Waals surface area contributed by atoms with Gasteiger partial charge in [-0.25, -0.2) is 9.18 Å². The van der Waals surface area contributed by atoms with Crippen LogP contribution in [0.15, 0.2) is 18.2 Å². The molecule has 5 heteroatoms. The van der Waals surface area contributed by atoms with Gasteiger partial charge in [0, 0.05) is 18.3 Å². The maximum absolute atomic E-state index is 12.8. The molecule has 4 nitrogen and oxygen atoms in total. The number of anilines is 1. The van der Waals surface area contributed by atoms with E-state index in [9.17, 15) is 9.18 Å². The third kappa shape index (κ3) is 4.40. The van der Waals surface area contributed by atoms with Crippen molar-refractivity contribution in [2.24, 2.45) is 0 Å². The largest absolute Gasteiger partial charge is 0.396 e. The van der Waals surface area contributed by atoms with Gasteiger partial charge >= 0.3 is 6.03 Å². The molecule has 0 heterocycles. The monoisotopic (exact) mass is 240 g/mol. The topological polar surface area (TPSA) is 61.4 Å². The standard InChI is InChI=1S/C12H17FN2O2/c1-8-7-10(13)3-4-11(8)15-12(17)14-9(2)5-6-16/h3-4,7,9,16H,5-6H2,1-2H3,(H2,14,15,17)/t9-/m1/s1. The Morgan fingerprint density at radius 2 is 2.24 bits per heavy atom. The zero-order valence-corrected chi connectivity index (χ0v) is 9.96. The van der Waals surface area contributed by atoms with Gasteiger partial charge in [0.1, 0.15) is 5.82 Å². The maximum Gasteiger partial charge on any atom is 0.319 e.